The van der Waals surface area contributed by atoms with E-state index in [-0.39, 0.29) is 17.6 Å². The molecule has 0 saturated heterocycles. The molecule has 0 aromatic heterocycles. The average molecular weight is 392 g/mol. The lowest BCUT2D eigenvalue weighted by Gasteiger charge is -2.12. The van der Waals surface area contributed by atoms with Gasteiger partial charge in [0.15, 0.2) is 0 Å². The first-order valence-electron chi connectivity index (χ1n) is 8.66. The third kappa shape index (κ3) is 6.94. The van der Waals surface area contributed by atoms with E-state index in [1.165, 1.54) is 0 Å². The van der Waals surface area contributed by atoms with Crippen LogP contribution >= 0.6 is 0 Å². The van der Waals surface area contributed by atoms with Crippen molar-refractivity contribution in [1.29, 1.82) is 0 Å². The fourth-order valence-corrected chi connectivity index (χ4v) is 2.92. The van der Waals surface area contributed by atoms with Gasteiger partial charge >= 0.3 is 16.1 Å². The zero-order chi connectivity index (χ0) is 19.9. The molecule has 0 fully saturated rings. The lowest BCUT2D eigenvalue weighted by molar-refractivity contribution is -0.144. The van der Waals surface area contributed by atoms with E-state index in [0.29, 0.717) is 25.4 Å². The van der Waals surface area contributed by atoms with Crippen LogP contribution in [-0.2, 0) is 26.1 Å². The summed E-state index contributed by atoms with van der Waals surface area (Å²) >= 11 is 0. The normalized spacial score (nSPS) is 12.3. The lowest BCUT2D eigenvalue weighted by atomic mass is 10.0. The van der Waals surface area contributed by atoms with Crippen LogP contribution < -0.4 is 8.92 Å². The molecule has 0 aliphatic carbocycles. The highest BCUT2D eigenvalue weighted by Gasteiger charge is 2.16. The van der Waals surface area contributed by atoms with Crippen LogP contribution in [0.2, 0.25) is 0 Å². The molecule has 0 aliphatic rings. The van der Waals surface area contributed by atoms with Crippen molar-refractivity contribution in [3.63, 3.8) is 0 Å². The van der Waals surface area contributed by atoms with E-state index in [1.54, 1.807) is 32.0 Å². The van der Waals surface area contributed by atoms with Crippen LogP contribution in [0.1, 0.15) is 30.9 Å². The van der Waals surface area contributed by atoms with Crippen molar-refractivity contribution in [2.45, 2.75) is 26.2 Å². The summed E-state index contributed by atoms with van der Waals surface area (Å²) in [6, 6.07) is 14.2. The molecule has 27 heavy (non-hydrogen) atoms. The monoisotopic (exact) mass is 392 g/mol. The van der Waals surface area contributed by atoms with E-state index in [1.807, 2.05) is 30.3 Å². The number of carbonyl (C=O) groups is 1. The highest BCUT2D eigenvalue weighted by molar-refractivity contribution is 7.86. The molecule has 0 heterocycles. The Morgan fingerprint density at radius 1 is 1.07 bits per heavy atom. The van der Waals surface area contributed by atoms with Gasteiger partial charge in [0.25, 0.3) is 0 Å². The number of ether oxygens (including phenoxy) is 2. The summed E-state index contributed by atoms with van der Waals surface area (Å²) < 4.78 is 38.0. The van der Waals surface area contributed by atoms with Gasteiger partial charge in [-0.25, -0.2) is 0 Å². The first-order valence-corrected chi connectivity index (χ1v) is 10.5. The first kappa shape index (κ1) is 20.8. The van der Waals surface area contributed by atoms with E-state index in [4.69, 9.17) is 13.7 Å². The molecule has 0 aliphatic heterocycles. The summed E-state index contributed by atoms with van der Waals surface area (Å²) in [5, 5.41) is 0. The zero-order valence-electron chi connectivity index (χ0n) is 15.7. The molecular formula is C20H24O6S. The van der Waals surface area contributed by atoms with Crippen molar-refractivity contribution in [2.24, 2.45) is 0 Å². The maximum Gasteiger partial charge on any atom is 0.313 e. The third-order valence-electron chi connectivity index (χ3n) is 3.83. The van der Waals surface area contributed by atoms with Crippen LogP contribution in [0.15, 0.2) is 48.5 Å². The average Bonchev–Trinajstić information content (AvgIpc) is 2.61. The molecule has 0 saturated carbocycles. The molecule has 0 N–H and O–H groups in total. The second-order valence-corrected chi connectivity index (χ2v) is 7.65. The fourth-order valence-electron chi connectivity index (χ4n) is 2.47. The van der Waals surface area contributed by atoms with E-state index >= 15 is 0 Å². The summed E-state index contributed by atoms with van der Waals surface area (Å²) in [4.78, 5) is 11.8. The van der Waals surface area contributed by atoms with Crippen LogP contribution in [0.3, 0.4) is 0 Å². The predicted molar refractivity (Wildman–Crippen MR) is 103 cm³/mol. The Balaban J connectivity index is 1.89. The molecule has 7 heteroatoms. The van der Waals surface area contributed by atoms with E-state index in [9.17, 15) is 13.2 Å². The third-order valence-corrected chi connectivity index (χ3v) is 4.32. The number of hydrogen-bond donors (Lipinski definition) is 0. The van der Waals surface area contributed by atoms with Gasteiger partial charge in [-0.3, -0.25) is 4.79 Å². The zero-order valence-corrected chi connectivity index (χ0v) is 16.5. The summed E-state index contributed by atoms with van der Waals surface area (Å²) in [6.07, 6.45) is 1.61. The molecule has 0 spiro atoms. The molecule has 1 unspecified atom stereocenters. The summed E-state index contributed by atoms with van der Waals surface area (Å²) in [7, 11) is -3.54. The highest BCUT2D eigenvalue weighted by atomic mass is 32.2. The van der Waals surface area contributed by atoms with Crippen molar-refractivity contribution in [3.8, 4) is 11.5 Å². The minimum absolute atomic E-state index is 0.248. The van der Waals surface area contributed by atoms with Crippen molar-refractivity contribution < 1.29 is 26.9 Å². The minimum Gasteiger partial charge on any atom is -0.493 e. The topological polar surface area (TPSA) is 78.9 Å². The molecule has 2 rings (SSSR count). The largest absolute Gasteiger partial charge is 0.493 e. The molecule has 1 atom stereocenters. The van der Waals surface area contributed by atoms with Gasteiger partial charge in [-0.05, 0) is 49.2 Å². The number of carbonyl (C=O) groups excluding carboxylic acids is 1. The van der Waals surface area contributed by atoms with Gasteiger partial charge in [-0.2, -0.15) is 8.42 Å². The highest BCUT2D eigenvalue weighted by Crippen LogP contribution is 2.21. The van der Waals surface area contributed by atoms with E-state index in [0.717, 1.165) is 17.4 Å². The Hall–Kier alpha value is -2.54. The van der Waals surface area contributed by atoms with Crippen molar-refractivity contribution in [2.75, 3.05) is 19.5 Å². The second-order valence-electron chi connectivity index (χ2n) is 6.08. The molecule has 0 radical (unpaired) electrons. The maximum absolute atomic E-state index is 11.8. The summed E-state index contributed by atoms with van der Waals surface area (Å²) in [6.45, 7) is 4.37. The Bertz CT molecular complexity index is 858. The molecular weight excluding hydrogens is 368 g/mol. The van der Waals surface area contributed by atoms with Crippen molar-refractivity contribution in [3.05, 3.63) is 59.7 Å². The second kappa shape index (κ2) is 9.41. The lowest BCUT2D eigenvalue weighted by Crippen LogP contribution is -2.12. The Morgan fingerprint density at radius 3 is 2.41 bits per heavy atom. The van der Waals surface area contributed by atoms with E-state index in [2.05, 4.69) is 0 Å². The van der Waals surface area contributed by atoms with Gasteiger partial charge in [0.05, 0.1) is 25.4 Å². The molecule has 2 aromatic carbocycles. The number of rotatable bonds is 9. The SMILES string of the molecule is CCOC(=O)C(C)c1ccc(OCCc2cccc(OS(C)(=O)=O)c2)cc1. The van der Waals surface area contributed by atoms with Crippen LogP contribution in [0.4, 0.5) is 0 Å². The standard InChI is InChI=1S/C20H24O6S/c1-4-24-20(21)15(2)17-8-10-18(11-9-17)25-13-12-16-6-5-7-19(14-16)26-27(3,22)23/h5-11,14-15H,4,12-13H2,1-3H3. The smallest absolute Gasteiger partial charge is 0.313 e. The van der Waals surface area contributed by atoms with Gasteiger partial charge in [-0.1, -0.05) is 24.3 Å². The number of benzene rings is 2. The molecule has 146 valence electrons. The first-order chi connectivity index (χ1) is 12.8. The summed E-state index contributed by atoms with van der Waals surface area (Å²) in [5.41, 5.74) is 1.77. The predicted octanol–water partition coefficient (Wildman–Crippen LogP) is 3.31. The van der Waals surface area contributed by atoms with Gasteiger partial charge < -0.3 is 13.7 Å². The Labute approximate surface area is 160 Å². The quantitative estimate of drug-likeness (QED) is 0.481. The minimum atomic E-state index is -3.54. The maximum atomic E-state index is 11.8. The Kier molecular flexibility index (Phi) is 7.24. The van der Waals surface area contributed by atoms with Crippen LogP contribution in [0.25, 0.3) is 0 Å². The molecule has 2 aromatic rings. The van der Waals surface area contributed by atoms with Gasteiger partial charge in [0, 0.05) is 6.42 Å². The van der Waals surface area contributed by atoms with Crippen LogP contribution in [0.5, 0.6) is 11.5 Å². The Morgan fingerprint density at radius 2 is 1.78 bits per heavy atom. The van der Waals surface area contributed by atoms with Crippen LogP contribution in [-0.4, -0.2) is 33.9 Å². The van der Waals surface area contributed by atoms with Crippen molar-refractivity contribution in [1.82, 2.24) is 0 Å². The van der Waals surface area contributed by atoms with E-state index < -0.39 is 10.1 Å². The van der Waals surface area contributed by atoms with Crippen molar-refractivity contribution >= 4 is 16.1 Å². The summed E-state index contributed by atoms with van der Waals surface area (Å²) in [5.74, 6) is 0.407. The van der Waals surface area contributed by atoms with Gasteiger partial charge in [-0.15, -0.1) is 0 Å². The molecule has 6 nitrogen and oxygen atoms in total. The van der Waals surface area contributed by atoms with Gasteiger partial charge in [0.1, 0.15) is 11.5 Å². The van der Waals surface area contributed by atoms with Gasteiger partial charge in [0.2, 0.25) is 0 Å². The van der Waals surface area contributed by atoms with Crippen LogP contribution in [0, 0.1) is 0 Å². The fraction of sp³-hybridized carbons (Fsp3) is 0.350. The molecule has 0 bridgehead atoms. The number of hydrogen-bond acceptors (Lipinski definition) is 6. The number of esters is 1. The molecule has 0 amide bonds.